The van der Waals surface area contributed by atoms with E-state index in [-0.39, 0.29) is 35.9 Å². The summed E-state index contributed by atoms with van der Waals surface area (Å²) in [5, 5.41) is 11.1. The second-order valence-corrected chi connectivity index (χ2v) is 8.29. The molecule has 2 aromatic rings. The normalized spacial score (nSPS) is 19.7. The van der Waals surface area contributed by atoms with Gasteiger partial charge in [-0.15, -0.1) is 24.0 Å². The van der Waals surface area contributed by atoms with Crippen molar-refractivity contribution in [2.45, 2.75) is 51.1 Å². The van der Waals surface area contributed by atoms with E-state index in [4.69, 9.17) is 0 Å². The maximum atomic E-state index is 12.8. The lowest BCUT2D eigenvalue weighted by Gasteiger charge is -2.26. The zero-order valence-electron chi connectivity index (χ0n) is 18.2. The van der Waals surface area contributed by atoms with Crippen LogP contribution in [0.1, 0.15) is 44.1 Å². The zero-order valence-corrected chi connectivity index (χ0v) is 20.5. The van der Waals surface area contributed by atoms with Crippen LogP contribution in [0.4, 0.5) is 0 Å². The number of aliphatic imine (C=N–C) groups is 1. The summed E-state index contributed by atoms with van der Waals surface area (Å²) in [7, 11) is 1.79. The van der Waals surface area contributed by atoms with Crippen molar-refractivity contribution < 1.29 is 4.79 Å². The second-order valence-electron chi connectivity index (χ2n) is 8.29. The quantitative estimate of drug-likeness (QED) is 0.350. The van der Waals surface area contributed by atoms with Gasteiger partial charge in [0.2, 0.25) is 5.91 Å². The summed E-state index contributed by atoms with van der Waals surface area (Å²) in [6, 6.07) is 10.5. The van der Waals surface area contributed by atoms with Gasteiger partial charge in [-0.1, -0.05) is 31.4 Å². The highest BCUT2D eigenvalue weighted by Gasteiger charge is 2.31. The molecule has 1 aromatic carbocycles. The zero-order chi connectivity index (χ0) is 20.8. The molecule has 1 amide bonds. The standard InChI is InChI=1S/C23H32N6O.HI/c1-24-23(25-16-18-8-10-21(11-9-18)29-14-5-13-26-29)27-20-12-15-28(17-20)22(30)19-6-3-2-4-7-19;/h5,8-11,13-14,19-20H,2-4,6-7,12,15-17H2,1H3,(H2,24,25,27);1H. The van der Waals surface area contributed by atoms with Crippen LogP contribution in [0.3, 0.4) is 0 Å². The molecule has 4 rings (SSSR count). The first-order valence-corrected chi connectivity index (χ1v) is 11.1. The maximum Gasteiger partial charge on any atom is 0.225 e. The van der Waals surface area contributed by atoms with Crippen molar-refractivity contribution >= 4 is 35.8 Å². The van der Waals surface area contributed by atoms with Crippen LogP contribution in [0.2, 0.25) is 0 Å². The van der Waals surface area contributed by atoms with Gasteiger partial charge in [0.1, 0.15) is 0 Å². The van der Waals surface area contributed by atoms with Crippen LogP contribution in [0.5, 0.6) is 0 Å². The minimum atomic E-state index is 0. The summed E-state index contributed by atoms with van der Waals surface area (Å²) in [4.78, 5) is 19.2. The number of carbonyl (C=O) groups is 1. The number of rotatable bonds is 5. The molecule has 168 valence electrons. The molecule has 2 heterocycles. The Kier molecular flexibility index (Phi) is 8.74. The van der Waals surface area contributed by atoms with Gasteiger partial charge in [0, 0.05) is 51.0 Å². The molecular weight excluding hydrogens is 503 g/mol. The largest absolute Gasteiger partial charge is 0.352 e. The van der Waals surface area contributed by atoms with E-state index in [0.717, 1.165) is 44.0 Å². The monoisotopic (exact) mass is 536 g/mol. The minimum absolute atomic E-state index is 0. The molecule has 1 unspecified atom stereocenters. The number of nitrogens with one attached hydrogen (secondary N) is 2. The third-order valence-electron chi connectivity index (χ3n) is 6.18. The van der Waals surface area contributed by atoms with Crippen LogP contribution < -0.4 is 10.6 Å². The Bertz CT molecular complexity index is 845. The number of carbonyl (C=O) groups excluding carboxylic acids is 1. The first kappa shape index (κ1) is 23.6. The van der Waals surface area contributed by atoms with E-state index < -0.39 is 0 Å². The maximum absolute atomic E-state index is 12.8. The van der Waals surface area contributed by atoms with Gasteiger partial charge in [0.25, 0.3) is 0 Å². The van der Waals surface area contributed by atoms with Crippen molar-refractivity contribution in [1.82, 2.24) is 25.3 Å². The van der Waals surface area contributed by atoms with Gasteiger partial charge in [-0.3, -0.25) is 9.79 Å². The molecule has 1 aliphatic heterocycles. The predicted molar refractivity (Wildman–Crippen MR) is 134 cm³/mol. The molecule has 2 fully saturated rings. The number of hydrogen-bond donors (Lipinski definition) is 2. The first-order valence-electron chi connectivity index (χ1n) is 11.1. The molecule has 0 spiro atoms. The molecule has 1 atom stereocenters. The van der Waals surface area contributed by atoms with Crippen LogP contribution >= 0.6 is 24.0 Å². The van der Waals surface area contributed by atoms with Crippen molar-refractivity contribution in [3.63, 3.8) is 0 Å². The fraction of sp³-hybridized carbons (Fsp3) is 0.522. The van der Waals surface area contributed by atoms with Crippen molar-refractivity contribution in [3.05, 3.63) is 48.3 Å². The van der Waals surface area contributed by atoms with E-state index in [9.17, 15) is 4.79 Å². The van der Waals surface area contributed by atoms with Crippen molar-refractivity contribution in [2.24, 2.45) is 10.9 Å². The van der Waals surface area contributed by atoms with Crippen molar-refractivity contribution in [1.29, 1.82) is 0 Å². The van der Waals surface area contributed by atoms with E-state index in [2.05, 4.69) is 49.9 Å². The SMILES string of the molecule is CN=C(NCc1ccc(-n2cccn2)cc1)NC1CCN(C(=O)C2CCCCC2)C1.I. The number of hydrogen-bond acceptors (Lipinski definition) is 3. The number of amides is 1. The minimum Gasteiger partial charge on any atom is -0.352 e. The Morgan fingerprint density at radius 3 is 2.61 bits per heavy atom. The van der Waals surface area contributed by atoms with Crippen molar-refractivity contribution in [2.75, 3.05) is 20.1 Å². The Hall–Kier alpha value is -2.10. The molecule has 1 aromatic heterocycles. The van der Waals surface area contributed by atoms with Crippen molar-refractivity contribution in [3.8, 4) is 5.69 Å². The highest BCUT2D eigenvalue weighted by Crippen LogP contribution is 2.26. The van der Waals surface area contributed by atoms with Gasteiger partial charge < -0.3 is 15.5 Å². The number of benzene rings is 1. The van der Waals surface area contributed by atoms with E-state index in [1.54, 1.807) is 13.2 Å². The lowest BCUT2D eigenvalue weighted by Crippen LogP contribution is -2.45. The molecule has 1 saturated carbocycles. The first-order chi connectivity index (χ1) is 14.7. The molecule has 2 aliphatic rings. The lowest BCUT2D eigenvalue weighted by molar-refractivity contribution is -0.135. The summed E-state index contributed by atoms with van der Waals surface area (Å²) in [5.74, 6) is 1.39. The predicted octanol–water partition coefficient (Wildman–Crippen LogP) is 3.34. The Morgan fingerprint density at radius 2 is 1.94 bits per heavy atom. The van der Waals surface area contributed by atoms with Gasteiger partial charge in [0.15, 0.2) is 5.96 Å². The number of aromatic nitrogens is 2. The smallest absolute Gasteiger partial charge is 0.225 e. The van der Waals surface area contributed by atoms with Gasteiger partial charge in [-0.25, -0.2) is 4.68 Å². The molecule has 0 radical (unpaired) electrons. The Balaban J connectivity index is 0.00000272. The van der Waals surface area contributed by atoms with Crippen LogP contribution in [0.25, 0.3) is 5.69 Å². The highest BCUT2D eigenvalue weighted by atomic mass is 127. The summed E-state index contributed by atoms with van der Waals surface area (Å²) in [6.45, 7) is 2.31. The summed E-state index contributed by atoms with van der Waals surface area (Å²) < 4.78 is 1.85. The van der Waals surface area contributed by atoms with Crippen LogP contribution in [-0.2, 0) is 11.3 Å². The van der Waals surface area contributed by atoms with E-state index in [0.29, 0.717) is 12.5 Å². The lowest BCUT2D eigenvalue weighted by atomic mass is 9.88. The fourth-order valence-corrected chi connectivity index (χ4v) is 4.45. The molecule has 8 heteroatoms. The van der Waals surface area contributed by atoms with Crippen LogP contribution in [0.15, 0.2) is 47.7 Å². The van der Waals surface area contributed by atoms with Gasteiger partial charge >= 0.3 is 0 Å². The molecule has 1 aliphatic carbocycles. The van der Waals surface area contributed by atoms with Crippen LogP contribution in [-0.4, -0.2) is 52.7 Å². The molecule has 7 nitrogen and oxygen atoms in total. The second kappa shape index (κ2) is 11.5. The molecule has 0 bridgehead atoms. The molecular formula is C23H33IN6O. The average Bonchev–Trinajstić information content (AvgIpc) is 3.49. The van der Waals surface area contributed by atoms with Gasteiger partial charge in [-0.2, -0.15) is 5.10 Å². The number of nitrogens with zero attached hydrogens (tertiary/aromatic N) is 4. The molecule has 1 saturated heterocycles. The molecule has 2 N–H and O–H groups in total. The summed E-state index contributed by atoms with van der Waals surface area (Å²) in [6.07, 6.45) is 10.5. The Labute approximate surface area is 201 Å². The Morgan fingerprint density at radius 1 is 1.16 bits per heavy atom. The van der Waals surface area contributed by atoms with Gasteiger partial charge in [-0.05, 0) is 43.0 Å². The highest BCUT2D eigenvalue weighted by molar-refractivity contribution is 14.0. The molecule has 31 heavy (non-hydrogen) atoms. The summed E-state index contributed by atoms with van der Waals surface area (Å²) in [5.41, 5.74) is 2.22. The van der Waals surface area contributed by atoms with E-state index in [1.807, 2.05) is 16.9 Å². The average molecular weight is 536 g/mol. The third-order valence-corrected chi connectivity index (χ3v) is 6.18. The van der Waals surface area contributed by atoms with E-state index in [1.165, 1.54) is 24.8 Å². The number of likely N-dealkylation sites (tertiary alicyclic amines) is 1. The number of guanidine groups is 1. The topological polar surface area (TPSA) is 74.6 Å². The fourth-order valence-electron chi connectivity index (χ4n) is 4.45. The number of halogens is 1. The van der Waals surface area contributed by atoms with E-state index >= 15 is 0 Å². The third kappa shape index (κ3) is 6.21. The van der Waals surface area contributed by atoms with Gasteiger partial charge in [0.05, 0.1) is 5.69 Å². The summed E-state index contributed by atoms with van der Waals surface area (Å²) >= 11 is 0. The van der Waals surface area contributed by atoms with Crippen LogP contribution in [0, 0.1) is 5.92 Å².